The van der Waals surface area contributed by atoms with Crippen LogP contribution in [0.5, 0.6) is 5.75 Å². The number of nitrogens with two attached hydrogens (primary N) is 1. The Balaban J connectivity index is 1.31. The minimum atomic E-state index is -2.64. The first-order chi connectivity index (χ1) is 20.9. The summed E-state index contributed by atoms with van der Waals surface area (Å²) >= 11 is 0. The molecule has 7 N–H and O–H groups in total. The first-order valence-corrected chi connectivity index (χ1v) is 15.2. The molecule has 4 aliphatic carbocycles. The van der Waals surface area contributed by atoms with E-state index in [2.05, 4.69) is 29.6 Å². The van der Waals surface area contributed by atoms with Gasteiger partial charge in [0.05, 0.1) is 11.6 Å². The summed E-state index contributed by atoms with van der Waals surface area (Å²) in [5.74, 6) is -5.91. The molecule has 6 rings (SSSR count). The summed E-state index contributed by atoms with van der Waals surface area (Å²) in [6.45, 7) is 0. The minimum Gasteiger partial charge on any atom is -0.508 e. The van der Waals surface area contributed by atoms with Crippen molar-refractivity contribution < 1.29 is 34.8 Å². The molecule has 2 aromatic rings. The Morgan fingerprint density at radius 2 is 1.70 bits per heavy atom. The van der Waals surface area contributed by atoms with Crippen molar-refractivity contribution in [1.29, 1.82) is 0 Å². The van der Waals surface area contributed by atoms with Crippen LogP contribution in [0.3, 0.4) is 0 Å². The molecule has 0 aliphatic heterocycles. The van der Waals surface area contributed by atoms with Crippen LogP contribution in [0.25, 0.3) is 5.76 Å². The smallest absolute Gasteiger partial charge is 0.255 e. The number of nitrogens with one attached hydrogen (secondary N) is 1. The number of nitrogens with zero attached hydrogens (tertiary/aromatic N) is 1. The number of carbonyl (C=O) groups excluding carboxylic acids is 3. The van der Waals surface area contributed by atoms with E-state index >= 15 is 0 Å². The first-order valence-electron chi connectivity index (χ1n) is 15.2. The van der Waals surface area contributed by atoms with Gasteiger partial charge in [0.2, 0.25) is 5.78 Å². The number of likely N-dealkylation sites (N-methyl/N-ethyl adjacent to an activating group) is 1. The molecule has 44 heavy (non-hydrogen) atoms. The molecule has 0 heterocycles. The van der Waals surface area contributed by atoms with E-state index in [-0.39, 0.29) is 35.8 Å². The number of aliphatic hydroxyl groups is 3. The number of anilines is 1. The number of rotatable bonds is 6. The number of aliphatic hydroxyl groups excluding tert-OH is 2. The van der Waals surface area contributed by atoms with Crippen LogP contribution in [0.4, 0.5) is 5.69 Å². The summed E-state index contributed by atoms with van der Waals surface area (Å²) < 4.78 is 0. The second kappa shape index (κ2) is 11.1. The van der Waals surface area contributed by atoms with Crippen molar-refractivity contribution >= 4 is 28.9 Å². The van der Waals surface area contributed by atoms with Gasteiger partial charge in [0, 0.05) is 23.2 Å². The average Bonchev–Trinajstić information content (AvgIpc) is 2.97. The van der Waals surface area contributed by atoms with Gasteiger partial charge in [0.1, 0.15) is 22.8 Å². The van der Waals surface area contributed by atoms with Crippen LogP contribution in [0.1, 0.15) is 48.8 Å². The predicted molar refractivity (Wildman–Crippen MR) is 164 cm³/mol. The van der Waals surface area contributed by atoms with Crippen molar-refractivity contribution in [3.05, 3.63) is 76.1 Å². The number of phenolic OH excluding ortho intramolecular Hbond substituents is 1. The fourth-order valence-electron chi connectivity index (χ4n) is 8.06. The number of aromatic hydroxyl groups is 1. The standard InChI is InChI=1S/C34H39N3O7/c1-37(2)28-22-16-19-15-21-23(36-20-10-8-18(9-11-20)14-17-6-4-3-5-7-17)12-13-24(38)26(21)29(39)25(19)31(41)34(22,44)32(42)27(30(28)40)33(35)43/h3-7,12-13,18-20,22,28,36,38-39,42,44H,8-11,14-16H2,1-2H3,(H2,35,43). The maximum atomic E-state index is 14.0. The molecule has 10 nitrogen and oxygen atoms in total. The molecule has 4 atom stereocenters. The quantitative estimate of drug-likeness (QED) is 0.215. The van der Waals surface area contributed by atoms with Crippen molar-refractivity contribution in [3.63, 3.8) is 0 Å². The van der Waals surface area contributed by atoms with Crippen LogP contribution in [0.15, 0.2) is 59.4 Å². The van der Waals surface area contributed by atoms with Crippen molar-refractivity contribution in [2.45, 2.75) is 62.6 Å². The van der Waals surface area contributed by atoms with Gasteiger partial charge >= 0.3 is 0 Å². The Morgan fingerprint density at radius 1 is 1.02 bits per heavy atom. The summed E-state index contributed by atoms with van der Waals surface area (Å²) in [6.07, 6.45) is 5.46. The summed E-state index contributed by atoms with van der Waals surface area (Å²) in [6, 6.07) is 12.8. The molecule has 232 valence electrons. The fourth-order valence-corrected chi connectivity index (χ4v) is 8.06. The van der Waals surface area contributed by atoms with Gasteiger partial charge in [-0.05, 0) is 94.1 Å². The van der Waals surface area contributed by atoms with Crippen LogP contribution >= 0.6 is 0 Å². The van der Waals surface area contributed by atoms with Crippen LogP contribution in [-0.2, 0) is 27.2 Å². The monoisotopic (exact) mass is 601 g/mol. The van der Waals surface area contributed by atoms with E-state index in [9.17, 15) is 34.8 Å². The first kappa shape index (κ1) is 29.9. The highest BCUT2D eigenvalue weighted by Gasteiger charge is 2.64. The number of phenols is 1. The molecule has 0 spiro atoms. The number of hydrogen-bond acceptors (Lipinski definition) is 9. The fraction of sp³-hybridized carbons (Fsp3) is 0.441. The summed E-state index contributed by atoms with van der Waals surface area (Å²) in [4.78, 5) is 41.0. The molecule has 0 radical (unpaired) electrons. The SMILES string of the molecule is CN(C)C1C(=O)C(C(N)=O)=C(O)C2(O)C(=O)C3=C(O)c4c(O)ccc(NC5CCC(Cc6ccccc6)CC5)c4CC3CC12. The van der Waals surface area contributed by atoms with Gasteiger partial charge < -0.3 is 31.5 Å². The highest BCUT2D eigenvalue weighted by Crippen LogP contribution is 2.53. The van der Waals surface area contributed by atoms with Gasteiger partial charge in [0.25, 0.3) is 5.91 Å². The molecule has 0 saturated heterocycles. The molecule has 2 aromatic carbocycles. The van der Waals surface area contributed by atoms with Crippen LogP contribution < -0.4 is 11.1 Å². The highest BCUT2D eigenvalue weighted by atomic mass is 16.3. The Morgan fingerprint density at radius 3 is 2.34 bits per heavy atom. The number of hydrogen-bond donors (Lipinski definition) is 6. The average molecular weight is 602 g/mol. The lowest BCUT2D eigenvalue weighted by Gasteiger charge is -2.50. The molecule has 2 fully saturated rings. The van der Waals surface area contributed by atoms with Gasteiger partial charge in [-0.2, -0.15) is 0 Å². The molecular formula is C34H39N3O7. The van der Waals surface area contributed by atoms with Gasteiger partial charge in [-0.15, -0.1) is 0 Å². The van der Waals surface area contributed by atoms with E-state index in [1.165, 1.54) is 16.5 Å². The Hall–Kier alpha value is -4.15. The molecule has 4 aliphatic rings. The minimum absolute atomic E-state index is 0.0610. The third-order valence-electron chi connectivity index (χ3n) is 10.2. The van der Waals surface area contributed by atoms with Gasteiger partial charge in [-0.3, -0.25) is 19.3 Å². The van der Waals surface area contributed by atoms with E-state index in [4.69, 9.17) is 5.73 Å². The van der Waals surface area contributed by atoms with Crippen LogP contribution in [0, 0.1) is 17.8 Å². The number of carbonyl (C=O) groups is 3. The molecule has 0 bridgehead atoms. The van der Waals surface area contributed by atoms with E-state index in [1.807, 2.05) is 6.07 Å². The summed E-state index contributed by atoms with van der Waals surface area (Å²) in [7, 11) is 3.17. The number of amides is 1. The maximum Gasteiger partial charge on any atom is 0.255 e. The normalized spacial score (nSPS) is 30.1. The van der Waals surface area contributed by atoms with Crippen LogP contribution in [-0.4, -0.2) is 74.6 Å². The number of fused-ring (bicyclic) bond motifs is 3. The van der Waals surface area contributed by atoms with E-state index in [0.717, 1.165) is 37.8 Å². The largest absolute Gasteiger partial charge is 0.508 e. The third kappa shape index (κ3) is 4.68. The zero-order chi connectivity index (χ0) is 31.5. The lowest BCUT2D eigenvalue weighted by atomic mass is 9.57. The zero-order valence-corrected chi connectivity index (χ0v) is 24.9. The molecule has 4 unspecified atom stereocenters. The van der Waals surface area contributed by atoms with Crippen molar-refractivity contribution in [1.82, 2.24) is 4.90 Å². The van der Waals surface area contributed by atoms with Crippen molar-refractivity contribution in [2.75, 3.05) is 19.4 Å². The molecule has 2 saturated carbocycles. The Kier molecular flexibility index (Phi) is 7.53. The summed E-state index contributed by atoms with van der Waals surface area (Å²) in [5, 5.41) is 48.8. The van der Waals surface area contributed by atoms with E-state index in [0.29, 0.717) is 11.5 Å². The van der Waals surface area contributed by atoms with E-state index in [1.54, 1.807) is 20.2 Å². The van der Waals surface area contributed by atoms with Crippen LogP contribution in [0.2, 0.25) is 0 Å². The van der Waals surface area contributed by atoms with Gasteiger partial charge in [-0.1, -0.05) is 30.3 Å². The maximum absolute atomic E-state index is 14.0. The number of benzene rings is 2. The molecular weight excluding hydrogens is 562 g/mol. The van der Waals surface area contributed by atoms with Gasteiger partial charge in [-0.25, -0.2) is 0 Å². The second-order valence-corrected chi connectivity index (χ2v) is 13.0. The number of ketones is 2. The van der Waals surface area contributed by atoms with Crippen molar-refractivity contribution in [3.8, 4) is 5.75 Å². The number of primary amides is 1. The second-order valence-electron chi connectivity index (χ2n) is 13.0. The molecule has 10 heteroatoms. The predicted octanol–water partition coefficient (Wildman–Crippen LogP) is 3.18. The van der Waals surface area contributed by atoms with Crippen molar-refractivity contribution in [2.24, 2.45) is 23.5 Å². The van der Waals surface area contributed by atoms with Gasteiger partial charge in [0.15, 0.2) is 11.4 Å². The third-order valence-corrected chi connectivity index (χ3v) is 10.2. The number of Topliss-reactive ketones (excluding diaryl/α,β-unsaturated/α-hetero) is 2. The lowest BCUT2D eigenvalue weighted by molar-refractivity contribution is -0.153. The lowest BCUT2D eigenvalue weighted by Crippen LogP contribution is -2.65. The van der Waals surface area contributed by atoms with E-state index < -0.39 is 58.0 Å². The highest BCUT2D eigenvalue weighted by molar-refractivity contribution is 6.24. The molecule has 0 aromatic heterocycles. The Labute approximate surface area is 255 Å². The Bertz CT molecular complexity index is 1590. The molecule has 1 amide bonds. The zero-order valence-electron chi connectivity index (χ0n) is 24.9. The summed E-state index contributed by atoms with van der Waals surface area (Å²) in [5.41, 5.74) is 4.64. The topological polar surface area (TPSA) is 173 Å².